The van der Waals surface area contributed by atoms with E-state index in [1.165, 1.54) is 23.1 Å². The van der Waals surface area contributed by atoms with E-state index in [1.54, 1.807) is 24.3 Å². The molecule has 0 fully saturated rings. The van der Waals surface area contributed by atoms with Crippen LogP contribution in [0.5, 0.6) is 0 Å². The van der Waals surface area contributed by atoms with Crippen molar-refractivity contribution in [2.75, 3.05) is 16.8 Å². The Morgan fingerprint density at radius 2 is 1.77 bits per heavy atom. The van der Waals surface area contributed by atoms with Gasteiger partial charge in [-0.1, -0.05) is 69.4 Å². The van der Waals surface area contributed by atoms with Crippen molar-refractivity contribution in [1.82, 2.24) is 10.2 Å². The normalized spacial score (nSPS) is 11.4. The molecule has 0 spiro atoms. The molecule has 0 unspecified atom stereocenters. The zero-order valence-electron chi connectivity index (χ0n) is 13.6. The zero-order chi connectivity index (χ0) is 18.4. The highest BCUT2D eigenvalue weighted by Crippen LogP contribution is 2.26. The van der Waals surface area contributed by atoms with Crippen molar-refractivity contribution in [2.45, 2.75) is 15.8 Å². The van der Waals surface area contributed by atoms with Crippen molar-refractivity contribution in [3.63, 3.8) is 0 Å². The van der Waals surface area contributed by atoms with Gasteiger partial charge in [0.25, 0.3) is 0 Å². The maximum atomic E-state index is 12.3. The Bertz CT molecular complexity index is 945. The van der Waals surface area contributed by atoms with Gasteiger partial charge < -0.3 is 5.32 Å². The Morgan fingerprint density at radius 1 is 1.04 bits per heavy atom. The number of anilines is 1. The third kappa shape index (κ3) is 5.54. The second kappa shape index (κ2) is 8.98. The maximum absolute atomic E-state index is 12.3. The number of halogens is 1. The first kappa shape index (κ1) is 19.3. The van der Waals surface area contributed by atoms with E-state index in [0.717, 1.165) is 19.5 Å². The van der Waals surface area contributed by atoms with Crippen molar-refractivity contribution in [3.05, 3.63) is 64.6 Å². The number of benzene rings is 2. The second-order valence-electron chi connectivity index (χ2n) is 5.33. The van der Waals surface area contributed by atoms with Gasteiger partial charge in [-0.05, 0) is 29.8 Å². The van der Waals surface area contributed by atoms with Crippen LogP contribution in [0.1, 0.15) is 5.56 Å². The summed E-state index contributed by atoms with van der Waals surface area (Å²) >= 11 is 6.14. The number of thioether (sulfide) groups is 1. The first-order valence-electron chi connectivity index (χ1n) is 7.75. The fourth-order valence-corrected chi connectivity index (χ4v) is 5.84. The second-order valence-corrected chi connectivity index (χ2v) is 10.7. The maximum Gasteiger partial charge on any atom is 0.206 e. The molecular formula is C17H16BrN3O2S3. The largest absolute Gasteiger partial charge is 0.356 e. The Hall–Kier alpha value is -1.42. The predicted molar refractivity (Wildman–Crippen MR) is 111 cm³/mol. The molecule has 0 aliphatic heterocycles. The van der Waals surface area contributed by atoms with Gasteiger partial charge in [-0.3, -0.25) is 0 Å². The van der Waals surface area contributed by atoms with Gasteiger partial charge in [-0.25, -0.2) is 8.42 Å². The summed E-state index contributed by atoms with van der Waals surface area (Å²) < 4.78 is 26.3. The van der Waals surface area contributed by atoms with Crippen LogP contribution in [-0.4, -0.2) is 30.1 Å². The van der Waals surface area contributed by atoms with Crippen LogP contribution in [0.2, 0.25) is 0 Å². The molecule has 0 saturated heterocycles. The van der Waals surface area contributed by atoms with Crippen LogP contribution in [-0.2, 0) is 16.4 Å². The average molecular weight is 470 g/mol. The van der Waals surface area contributed by atoms with Crippen molar-refractivity contribution in [3.8, 4) is 0 Å². The number of sulfone groups is 1. The molecule has 5 nitrogen and oxygen atoms in total. The first-order chi connectivity index (χ1) is 12.5. The third-order valence-corrected chi connectivity index (χ3v) is 7.98. The van der Waals surface area contributed by atoms with Crippen LogP contribution in [0.3, 0.4) is 0 Å². The molecule has 0 saturated carbocycles. The quantitative estimate of drug-likeness (QED) is 0.490. The number of aromatic nitrogens is 2. The molecule has 136 valence electrons. The van der Waals surface area contributed by atoms with E-state index in [-0.39, 0.29) is 5.75 Å². The lowest BCUT2D eigenvalue weighted by Crippen LogP contribution is -2.08. The molecular weight excluding hydrogens is 454 g/mol. The molecule has 2 aromatic carbocycles. The highest BCUT2D eigenvalue weighted by atomic mass is 79.9. The Balaban J connectivity index is 1.49. The molecule has 3 rings (SSSR count). The smallest absolute Gasteiger partial charge is 0.206 e. The Kier molecular flexibility index (Phi) is 6.68. The Labute approximate surface area is 169 Å². The van der Waals surface area contributed by atoms with Crippen LogP contribution in [0.15, 0.2) is 68.3 Å². The minimum atomic E-state index is -3.29. The molecule has 0 bridgehead atoms. The van der Waals surface area contributed by atoms with Crippen molar-refractivity contribution < 1.29 is 8.42 Å². The van der Waals surface area contributed by atoms with E-state index in [0.29, 0.717) is 17.2 Å². The number of nitrogens with zero attached hydrogens (tertiary/aromatic N) is 2. The van der Waals surface area contributed by atoms with Crippen molar-refractivity contribution in [2.24, 2.45) is 0 Å². The van der Waals surface area contributed by atoms with E-state index >= 15 is 0 Å². The molecule has 0 amide bonds. The van der Waals surface area contributed by atoms with Gasteiger partial charge in [-0.15, -0.1) is 10.2 Å². The SMILES string of the molecule is O=S(=O)(CCSc1nnc(NCc2ccccc2)s1)c1ccc(Br)cc1. The highest BCUT2D eigenvalue weighted by molar-refractivity contribution is 9.10. The Morgan fingerprint density at radius 3 is 2.50 bits per heavy atom. The summed E-state index contributed by atoms with van der Waals surface area (Å²) in [7, 11) is -3.29. The molecule has 3 aromatic rings. The van der Waals surface area contributed by atoms with E-state index < -0.39 is 9.84 Å². The van der Waals surface area contributed by atoms with Gasteiger partial charge in [0.1, 0.15) is 0 Å². The summed E-state index contributed by atoms with van der Waals surface area (Å²) in [5, 5.41) is 12.2. The molecule has 0 radical (unpaired) electrons. The van der Waals surface area contributed by atoms with Crippen molar-refractivity contribution >= 4 is 54.0 Å². The fraction of sp³-hybridized carbons (Fsp3) is 0.176. The molecule has 9 heteroatoms. The van der Waals surface area contributed by atoms with E-state index in [1.807, 2.05) is 30.3 Å². The summed E-state index contributed by atoms with van der Waals surface area (Å²) in [6.07, 6.45) is 0. The summed E-state index contributed by atoms with van der Waals surface area (Å²) in [4.78, 5) is 0.337. The van der Waals surface area contributed by atoms with Crippen LogP contribution in [0, 0.1) is 0 Å². The van der Waals surface area contributed by atoms with Gasteiger partial charge in [0.05, 0.1) is 10.6 Å². The number of hydrogen-bond acceptors (Lipinski definition) is 7. The summed E-state index contributed by atoms with van der Waals surface area (Å²) in [5.41, 5.74) is 1.16. The van der Waals surface area contributed by atoms with Crippen LogP contribution >= 0.6 is 39.0 Å². The first-order valence-corrected chi connectivity index (χ1v) is 12.0. The summed E-state index contributed by atoms with van der Waals surface area (Å²) in [5.74, 6) is 0.497. The van der Waals surface area contributed by atoms with E-state index in [2.05, 4.69) is 31.4 Å². The number of hydrogen-bond donors (Lipinski definition) is 1. The van der Waals surface area contributed by atoms with Crippen LogP contribution < -0.4 is 5.32 Å². The minimum absolute atomic E-state index is 0.0612. The lowest BCUT2D eigenvalue weighted by atomic mass is 10.2. The standard InChI is InChI=1S/C17H16BrN3O2S3/c18-14-6-8-15(9-7-14)26(22,23)11-10-24-17-21-20-16(25-17)19-12-13-4-2-1-3-5-13/h1-9H,10-12H2,(H,19,20). The minimum Gasteiger partial charge on any atom is -0.356 e. The molecule has 0 aliphatic carbocycles. The highest BCUT2D eigenvalue weighted by Gasteiger charge is 2.15. The fourth-order valence-electron chi connectivity index (χ4n) is 2.11. The average Bonchev–Trinajstić information content (AvgIpc) is 3.09. The van der Waals surface area contributed by atoms with Gasteiger partial charge in [0.15, 0.2) is 14.2 Å². The molecule has 0 atom stereocenters. The summed E-state index contributed by atoms with van der Waals surface area (Å²) in [6.45, 7) is 0.679. The van der Waals surface area contributed by atoms with E-state index in [4.69, 9.17) is 0 Å². The monoisotopic (exact) mass is 469 g/mol. The van der Waals surface area contributed by atoms with Crippen LogP contribution in [0.4, 0.5) is 5.13 Å². The predicted octanol–water partition coefficient (Wildman–Crippen LogP) is 4.48. The lowest BCUT2D eigenvalue weighted by Gasteiger charge is -2.03. The number of rotatable bonds is 8. The summed E-state index contributed by atoms with van der Waals surface area (Å²) in [6, 6.07) is 16.7. The van der Waals surface area contributed by atoms with Gasteiger partial charge in [0.2, 0.25) is 5.13 Å². The lowest BCUT2D eigenvalue weighted by molar-refractivity contribution is 0.597. The zero-order valence-corrected chi connectivity index (χ0v) is 17.7. The van der Waals surface area contributed by atoms with Gasteiger partial charge >= 0.3 is 0 Å². The molecule has 26 heavy (non-hydrogen) atoms. The van der Waals surface area contributed by atoms with Gasteiger partial charge in [-0.2, -0.15) is 0 Å². The molecule has 1 heterocycles. The van der Waals surface area contributed by atoms with Crippen molar-refractivity contribution in [1.29, 1.82) is 0 Å². The van der Waals surface area contributed by atoms with Gasteiger partial charge in [0, 0.05) is 16.8 Å². The molecule has 1 aromatic heterocycles. The third-order valence-electron chi connectivity index (χ3n) is 3.44. The number of nitrogens with one attached hydrogen (secondary N) is 1. The molecule has 1 N–H and O–H groups in total. The van der Waals surface area contributed by atoms with Crippen LogP contribution in [0.25, 0.3) is 0 Å². The topological polar surface area (TPSA) is 72.0 Å². The van der Waals surface area contributed by atoms with E-state index in [9.17, 15) is 8.42 Å². The molecule has 0 aliphatic rings.